The van der Waals surface area contributed by atoms with Crippen LogP contribution in [0.1, 0.15) is 34.5 Å². The number of hydrogen-bond acceptors (Lipinski definition) is 8. The molecule has 4 aromatic rings. The summed E-state index contributed by atoms with van der Waals surface area (Å²) in [4.78, 5) is 0. The maximum absolute atomic E-state index is 12.5. The van der Waals surface area contributed by atoms with Gasteiger partial charge in [-0.15, -0.1) is 0 Å². The molecule has 4 aromatic carbocycles. The molecule has 202 valence electrons. The van der Waals surface area contributed by atoms with Gasteiger partial charge >= 0.3 is 10.4 Å². The summed E-state index contributed by atoms with van der Waals surface area (Å²) in [7, 11) is -1.17. The molecule has 2 atom stereocenters. The summed E-state index contributed by atoms with van der Waals surface area (Å²) in [5, 5.41) is 0. The van der Waals surface area contributed by atoms with Crippen LogP contribution in [0, 0.1) is 0 Å². The topological polar surface area (TPSA) is 89.5 Å². The van der Waals surface area contributed by atoms with Gasteiger partial charge in [0.25, 0.3) is 0 Å². The molecule has 0 amide bonds. The average molecular weight is 549 g/mol. The van der Waals surface area contributed by atoms with Gasteiger partial charge in [-0.2, -0.15) is 8.42 Å². The first-order valence-corrected chi connectivity index (χ1v) is 13.6. The minimum atomic E-state index is -4.25. The van der Waals surface area contributed by atoms with Crippen LogP contribution in [0.3, 0.4) is 0 Å². The maximum Gasteiger partial charge on any atom is 0.401 e. The minimum absolute atomic E-state index is 0.311. The van der Waals surface area contributed by atoms with E-state index in [2.05, 4.69) is 0 Å². The second-order valence-corrected chi connectivity index (χ2v) is 10.0. The molecule has 5 rings (SSSR count). The first-order chi connectivity index (χ1) is 19.0. The normalized spacial score (nSPS) is 17.9. The van der Waals surface area contributed by atoms with E-state index in [4.69, 9.17) is 27.3 Å². The van der Waals surface area contributed by atoms with Crippen LogP contribution in [0.4, 0.5) is 0 Å². The smallest absolute Gasteiger partial charge is 0.401 e. The van der Waals surface area contributed by atoms with E-state index in [9.17, 15) is 8.42 Å². The summed E-state index contributed by atoms with van der Waals surface area (Å²) in [5.74, 6) is 1.92. The van der Waals surface area contributed by atoms with Crippen molar-refractivity contribution in [1.29, 1.82) is 0 Å². The van der Waals surface area contributed by atoms with Gasteiger partial charge in [0, 0.05) is 0 Å². The highest BCUT2D eigenvalue weighted by Crippen LogP contribution is 2.47. The Balaban J connectivity index is 1.43. The van der Waals surface area contributed by atoms with Gasteiger partial charge in [0.1, 0.15) is 25.4 Å². The summed E-state index contributed by atoms with van der Waals surface area (Å²) >= 11 is 0. The van der Waals surface area contributed by atoms with Crippen LogP contribution in [-0.2, 0) is 32.0 Å². The highest BCUT2D eigenvalue weighted by atomic mass is 32.3. The van der Waals surface area contributed by atoms with Crippen molar-refractivity contribution >= 4 is 10.4 Å². The van der Waals surface area contributed by atoms with Crippen molar-refractivity contribution in [1.82, 2.24) is 0 Å². The Morgan fingerprint density at radius 1 is 0.590 bits per heavy atom. The van der Waals surface area contributed by atoms with Crippen molar-refractivity contribution in [3.63, 3.8) is 0 Å². The largest absolute Gasteiger partial charge is 0.493 e. The Bertz CT molecular complexity index is 1400. The fourth-order valence-corrected chi connectivity index (χ4v) is 5.25. The van der Waals surface area contributed by atoms with E-state index in [1.807, 2.05) is 60.7 Å². The van der Waals surface area contributed by atoms with E-state index >= 15 is 0 Å². The third-order valence-corrected chi connectivity index (χ3v) is 7.11. The highest BCUT2D eigenvalue weighted by molar-refractivity contribution is 7.82. The SMILES string of the molecule is COc1ccc([C@@H]2OS(=O)(=O)O[C@H]2c2ccc(OC)c(OCc3ccccc3)c2)cc1OCc1ccccc1. The molecule has 0 saturated carbocycles. The molecule has 0 bridgehead atoms. The maximum atomic E-state index is 12.5. The molecule has 9 heteroatoms. The van der Waals surface area contributed by atoms with E-state index in [-0.39, 0.29) is 0 Å². The van der Waals surface area contributed by atoms with Crippen molar-refractivity contribution in [2.75, 3.05) is 14.2 Å². The van der Waals surface area contributed by atoms with Crippen molar-refractivity contribution < 1.29 is 35.7 Å². The third-order valence-electron chi connectivity index (χ3n) is 6.22. The molecule has 0 spiro atoms. The van der Waals surface area contributed by atoms with Crippen molar-refractivity contribution in [3.8, 4) is 23.0 Å². The highest BCUT2D eigenvalue weighted by Gasteiger charge is 2.42. The Morgan fingerprint density at radius 2 is 1.00 bits per heavy atom. The molecular weight excluding hydrogens is 520 g/mol. The van der Waals surface area contributed by atoms with Gasteiger partial charge in [0.05, 0.1) is 14.2 Å². The molecule has 8 nitrogen and oxygen atoms in total. The van der Waals surface area contributed by atoms with Crippen LogP contribution in [-0.4, -0.2) is 22.6 Å². The molecule has 0 aliphatic carbocycles. The summed E-state index contributed by atoms with van der Waals surface area (Å²) < 4.78 is 58.7. The molecule has 1 heterocycles. The fourth-order valence-electron chi connectivity index (χ4n) is 4.27. The van der Waals surface area contributed by atoms with E-state index in [0.29, 0.717) is 47.3 Å². The minimum Gasteiger partial charge on any atom is -0.493 e. The Morgan fingerprint density at radius 3 is 1.38 bits per heavy atom. The Labute approximate surface area is 228 Å². The van der Waals surface area contributed by atoms with Crippen LogP contribution in [0.15, 0.2) is 97.1 Å². The van der Waals surface area contributed by atoms with Crippen LogP contribution in [0.2, 0.25) is 0 Å². The first-order valence-electron chi connectivity index (χ1n) is 12.3. The van der Waals surface area contributed by atoms with E-state index in [1.165, 1.54) is 0 Å². The van der Waals surface area contributed by atoms with Gasteiger partial charge in [-0.25, -0.2) is 8.37 Å². The Kier molecular flexibility index (Phi) is 8.02. The Hall–Kier alpha value is -4.05. The van der Waals surface area contributed by atoms with Crippen molar-refractivity contribution in [2.45, 2.75) is 25.4 Å². The van der Waals surface area contributed by atoms with Crippen LogP contribution in [0.5, 0.6) is 23.0 Å². The van der Waals surface area contributed by atoms with Gasteiger partial charge in [0.2, 0.25) is 0 Å². The van der Waals surface area contributed by atoms with Gasteiger partial charge in [-0.3, -0.25) is 0 Å². The summed E-state index contributed by atoms with van der Waals surface area (Å²) in [6, 6.07) is 29.7. The molecule has 39 heavy (non-hydrogen) atoms. The molecule has 1 saturated heterocycles. The molecule has 0 unspecified atom stereocenters. The van der Waals surface area contributed by atoms with E-state index < -0.39 is 22.6 Å². The summed E-state index contributed by atoms with van der Waals surface area (Å²) in [6.07, 6.45) is -1.93. The third kappa shape index (κ3) is 6.34. The zero-order valence-corrected chi connectivity index (χ0v) is 22.3. The second-order valence-electron chi connectivity index (χ2n) is 8.81. The zero-order chi connectivity index (χ0) is 27.2. The standard InChI is InChI=1S/C30H28O8S/c1-33-25-15-13-23(17-27(25)35-19-21-9-5-3-6-10-21)29-30(38-39(31,32)37-29)24-14-16-26(34-2)28(18-24)36-20-22-11-7-4-8-12-22/h3-18,29-30H,19-20H2,1-2H3/t29-,30-/m0/s1. The predicted octanol–water partition coefficient (Wildman–Crippen LogP) is 5.94. The average Bonchev–Trinajstić information content (AvgIpc) is 3.31. The lowest BCUT2D eigenvalue weighted by Gasteiger charge is -2.19. The lowest BCUT2D eigenvalue weighted by molar-refractivity contribution is 0.157. The van der Waals surface area contributed by atoms with Crippen molar-refractivity contribution in [2.24, 2.45) is 0 Å². The lowest BCUT2D eigenvalue weighted by atomic mass is 9.97. The van der Waals surface area contributed by atoms with Gasteiger partial charge < -0.3 is 18.9 Å². The first kappa shape index (κ1) is 26.6. The number of ether oxygens (including phenoxy) is 4. The number of hydrogen-bond donors (Lipinski definition) is 0. The van der Waals surface area contributed by atoms with Gasteiger partial charge in [-0.05, 0) is 46.5 Å². The molecule has 1 aliphatic rings. The molecule has 0 N–H and O–H groups in total. The predicted molar refractivity (Wildman–Crippen MR) is 144 cm³/mol. The van der Waals surface area contributed by atoms with E-state index in [0.717, 1.165) is 11.1 Å². The van der Waals surface area contributed by atoms with Crippen molar-refractivity contribution in [3.05, 3.63) is 119 Å². The molecule has 0 aromatic heterocycles. The van der Waals surface area contributed by atoms with Crippen LogP contribution in [0.25, 0.3) is 0 Å². The van der Waals surface area contributed by atoms with Crippen LogP contribution < -0.4 is 18.9 Å². The summed E-state index contributed by atoms with van der Waals surface area (Å²) in [5.41, 5.74) is 3.05. The van der Waals surface area contributed by atoms with Crippen LogP contribution >= 0.6 is 0 Å². The number of rotatable bonds is 10. The number of methoxy groups -OCH3 is 2. The molecule has 1 aliphatic heterocycles. The number of benzene rings is 4. The second kappa shape index (κ2) is 11.8. The molecular formula is C30H28O8S. The lowest BCUT2D eigenvalue weighted by Crippen LogP contribution is -2.09. The van der Waals surface area contributed by atoms with E-state index in [1.54, 1.807) is 50.6 Å². The fraction of sp³-hybridized carbons (Fsp3) is 0.200. The zero-order valence-electron chi connectivity index (χ0n) is 21.5. The summed E-state index contributed by atoms with van der Waals surface area (Å²) in [6.45, 7) is 0.621. The monoisotopic (exact) mass is 548 g/mol. The van der Waals surface area contributed by atoms with Gasteiger partial charge in [0.15, 0.2) is 23.0 Å². The molecule has 0 radical (unpaired) electrons. The van der Waals surface area contributed by atoms with Gasteiger partial charge in [-0.1, -0.05) is 72.8 Å². The molecule has 1 fully saturated rings. The quantitative estimate of drug-likeness (QED) is 0.241.